The van der Waals surface area contributed by atoms with Crippen molar-refractivity contribution in [1.82, 2.24) is 5.32 Å². The summed E-state index contributed by atoms with van der Waals surface area (Å²) in [5.74, 6) is -0.603. The van der Waals surface area contributed by atoms with Crippen molar-refractivity contribution in [2.24, 2.45) is 0 Å². The molecule has 6 heteroatoms. The largest absolute Gasteiger partial charge is 0.394 e. The van der Waals surface area contributed by atoms with Crippen LogP contribution in [0.2, 0.25) is 0 Å². The second-order valence-electron chi connectivity index (χ2n) is 17.8. The van der Waals surface area contributed by atoms with Crippen molar-refractivity contribution in [2.45, 2.75) is 282 Å². The predicted molar refractivity (Wildman–Crippen MR) is 260 cm³/mol. The van der Waals surface area contributed by atoms with Gasteiger partial charge in [0.15, 0.2) is 0 Å². The van der Waals surface area contributed by atoms with Crippen molar-refractivity contribution in [3.63, 3.8) is 0 Å². The SMILES string of the molecule is CCCCCCCCCCCC/C=C/CC/C=C/CC/C=C/CCCC(O)C(O)C(CO)NC(=O)C(O)CCCCCCCC/C=C\CCCCCCCCCCCCC. The number of allylic oxidation sites excluding steroid dienone is 8. The summed E-state index contributed by atoms with van der Waals surface area (Å²) in [4.78, 5) is 12.6. The molecule has 0 spiro atoms. The van der Waals surface area contributed by atoms with Gasteiger partial charge in [-0.2, -0.15) is 0 Å². The summed E-state index contributed by atoms with van der Waals surface area (Å²) in [5, 5.41) is 43.8. The van der Waals surface area contributed by atoms with Gasteiger partial charge in [-0.05, 0) is 89.9 Å². The van der Waals surface area contributed by atoms with Gasteiger partial charge in [0.05, 0.1) is 18.8 Å². The van der Waals surface area contributed by atoms with E-state index in [1.807, 2.05) is 0 Å². The summed E-state index contributed by atoms with van der Waals surface area (Å²) in [7, 11) is 0. The number of rotatable bonds is 47. The number of hydrogen-bond acceptors (Lipinski definition) is 5. The average Bonchev–Trinajstić information content (AvgIpc) is 3.25. The Balaban J connectivity index is 3.77. The van der Waals surface area contributed by atoms with E-state index in [4.69, 9.17) is 0 Å². The Morgan fingerprint density at radius 2 is 0.700 bits per heavy atom. The number of nitrogens with one attached hydrogen (secondary N) is 1. The number of hydrogen-bond donors (Lipinski definition) is 5. The molecule has 0 aliphatic carbocycles. The molecule has 352 valence electrons. The number of carbonyl (C=O) groups is 1. The highest BCUT2D eigenvalue weighted by Gasteiger charge is 2.28. The lowest BCUT2D eigenvalue weighted by Crippen LogP contribution is -2.53. The molecule has 0 aliphatic rings. The number of carbonyl (C=O) groups excluding carboxylic acids is 1. The highest BCUT2D eigenvalue weighted by atomic mass is 16.3. The Morgan fingerprint density at radius 1 is 0.400 bits per heavy atom. The minimum absolute atomic E-state index is 0.351. The highest BCUT2D eigenvalue weighted by molar-refractivity contribution is 5.80. The standard InChI is InChI=1S/C54H101NO5/c1-3-5-7-9-11-13-15-17-19-21-23-25-26-28-29-31-33-35-37-39-41-43-45-47-51(57)53(59)50(49-56)55-54(60)52(58)48-46-44-42-40-38-36-34-32-30-27-24-22-20-18-16-14-12-10-8-6-4-2/h25-26,30-33,39,41,50-53,56-59H,3-24,27-29,34-38,40,42-49H2,1-2H3,(H,55,60)/b26-25+,32-30-,33-31+,41-39+. The molecule has 0 saturated carbocycles. The first kappa shape index (κ1) is 58.3. The molecular formula is C54H101NO5. The van der Waals surface area contributed by atoms with Crippen LogP contribution in [0.3, 0.4) is 0 Å². The van der Waals surface area contributed by atoms with Crippen molar-refractivity contribution >= 4 is 5.91 Å². The van der Waals surface area contributed by atoms with Gasteiger partial charge < -0.3 is 25.7 Å². The quantitative estimate of drug-likeness (QED) is 0.0310. The van der Waals surface area contributed by atoms with Crippen LogP contribution in [0, 0.1) is 0 Å². The van der Waals surface area contributed by atoms with Crippen molar-refractivity contribution in [1.29, 1.82) is 0 Å². The molecule has 60 heavy (non-hydrogen) atoms. The molecule has 5 N–H and O–H groups in total. The first-order valence-corrected chi connectivity index (χ1v) is 26.0. The van der Waals surface area contributed by atoms with Gasteiger partial charge in [0, 0.05) is 0 Å². The first-order chi connectivity index (χ1) is 29.5. The van der Waals surface area contributed by atoms with E-state index in [1.165, 1.54) is 161 Å². The third-order valence-corrected chi connectivity index (χ3v) is 12.0. The third-order valence-electron chi connectivity index (χ3n) is 12.0. The summed E-state index contributed by atoms with van der Waals surface area (Å²) in [6, 6.07) is -1.02. The molecule has 4 unspecified atom stereocenters. The summed E-state index contributed by atoms with van der Waals surface area (Å²) >= 11 is 0. The van der Waals surface area contributed by atoms with Crippen LogP contribution in [-0.4, -0.2) is 57.3 Å². The molecule has 0 rings (SSSR count). The molecule has 0 aromatic rings. The van der Waals surface area contributed by atoms with Crippen molar-refractivity contribution in [3.05, 3.63) is 48.6 Å². The van der Waals surface area contributed by atoms with Crippen LogP contribution in [0.25, 0.3) is 0 Å². The fourth-order valence-corrected chi connectivity index (χ4v) is 7.84. The molecule has 0 aliphatic heterocycles. The van der Waals surface area contributed by atoms with Gasteiger partial charge in [-0.15, -0.1) is 0 Å². The molecular weight excluding hydrogens is 743 g/mol. The highest BCUT2D eigenvalue weighted by Crippen LogP contribution is 2.15. The molecule has 0 heterocycles. The number of amides is 1. The first-order valence-electron chi connectivity index (χ1n) is 26.0. The molecule has 1 amide bonds. The van der Waals surface area contributed by atoms with Crippen LogP contribution in [0.5, 0.6) is 0 Å². The zero-order chi connectivity index (χ0) is 43.8. The van der Waals surface area contributed by atoms with Crippen molar-refractivity contribution in [3.8, 4) is 0 Å². The van der Waals surface area contributed by atoms with E-state index >= 15 is 0 Å². The number of aliphatic hydroxyl groups excluding tert-OH is 4. The Hall–Kier alpha value is -1.73. The minimum atomic E-state index is -1.30. The molecule has 0 aromatic heterocycles. The Kier molecular flexibility index (Phi) is 46.9. The lowest BCUT2D eigenvalue weighted by Gasteiger charge is -2.27. The van der Waals surface area contributed by atoms with Gasteiger partial charge in [-0.25, -0.2) is 0 Å². The van der Waals surface area contributed by atoms with E-state index in [2.05, 4.69) is 67.8 Å². The van der Waals surface area contributed by atoms with Gasteiger partial charge in [-0.1, -0.05) is 217 Å². The third kappa shape index (κ3) is 41.6. The maximum atomic E-state index is 12.6. The fourth-order valence-electron chi connectivity index (χ4n) is 7.84. The second kappa shape index (κ2) is 48.3. The van der Waals surface area contributed by atoms with E-state index in [0.29, 0.717) is 19.3 Å². The van der Waals surface area contributed by atoms with Crippen molar-refractivity contribution in [2.75, 3.05) is 6.61 Å². The van der Waals surface area contributed by atoms with Crippen LogP contribution in [0.4, 0.5) is 0 Å². The molecule has 0 fully saturated rings. The van der Waals surface area contributed by atoms with E-state index in [1.54, 1.807) is 0 Å². The van der Waals surface area contributed by atoms with Gasteiger partial charge in [0.1, 0.15) is 12.2 Å². The van der Waals surface area contributed by atoms with Gasteiger partial charge >= 0.3 is 0 Å². The van der Waals surface area contributed by atoms with Crippen LogP contribution in [-0.2, 0) is 4.79 Å². The number of unbranched alkanes of at least 4 members (excludes halogenated alkanes) is 30. The topological polar surface area (TPSA) is 110 Å². The summed E-state index contributed by atoms with van der Waals surface area (Å²) in [6.07, 6.45) is 60.2. The summed E-state index contributed by atoms with van der Waals surface area (Å²) < 4.78 is 0. The lowest BCUT2D eigenvalue weighted by molar-refractivity contribution is -0.132. The van der Waals surface area contributed by atoms with E-state index in [9.17, 15) is 25.2 Å². The van der Waals surface area contributed by atoms with E-state index in [-0.39, 0.29) is 0 Å². The Morgan fingerprint density at radius 3 is 1.05 bits per heavy atom. The van der Waals surface area contributed by atoms with Crippen molar-refractivity contribution < 1.29 is 25.2 Å². The lowest BCUT2D eigenvalue weighted by atomic mass is 10.00. The molecule has 0 saturated heterocycles. The van der Waals surface area contributed by atoms with Crippen LogP contribution >= 0.6 is 0 Å². The zero-order valence-corrected chi connectivity index (χ0v) is 39.7. The van der Waals surface area contributed by atoms with E-state index in [0.717, 1.165) is 64.2 Å². The van der Waals surface area contributed by atoms with Gasteiger partial charge in [0.2, 0.25) is 5.91 Å². The van der Waals surface area contributed by atoms with Crippen LogP contribution in [0.1, 0.15) is 258 Å². The summed E-state index contributed by atoms with van der Waals surface area (Å²) in [6.45, 7) is 4.05. The fraction of sp³-hybridized carbons (Fsp3) is 0.833. The minimum Gasteiger partial charge on any atom is -0.394 e. The second-order valence-corrected chi connectivity index (χ2v) is 17.8. The number of aliphatic hydroxyl groups is 4. The molecule has 0 bridgehead atoms. The van der Waals surface area contributed by atoms with Crippen LogP contribution in [0.15, 0.2) is 48.6 Å². The normalized spacial score (nSPS) is 14.3. The maximum absolute atomic E-state index is 12.6. The van der Waals surface area contributed by atoms with E-state index < -0.39 is 36.9 Å². The average molecular weight is 844 g/mol. The van der Waals surface area contributed by atoms with Crippen LogP contribution < -0.4 is 5.32 Å². The monoisotopic (exact) mass is 844 g/mol. The van der Waals surface area contributed by atoms with Gasteiger partial charge in [0.25, 0.3) is 0 Å². The molecule has 4 atom stereocenters. The Bertz CT molecular complexity index is 993. The maximum Gasteiger partial charge on any atom is 0.249 e. The smallest absolute Gasteiger partial charge is 0.249 e. The zero-order valence-electron chi connectivity index (χ0n) is 39.7. The van der Waals surface area contributed by atoms with Gasteiger partial charge in [-0.3, -0.25) is 4.79 Å². The molecule has 0 aromatic carbocycles. The summed E-state index contributed by atoms with van der Waals surface area (Å²) in [5.41, 5.74) is 0. The Labute approximate surface area is 372 Å². The molecule has 6 nitrogen and oxygen atoms in total. The predicted octanol–water partition coefficient (Wildman–Crippen LogP) is 14.6. The molecule has 0 radical (unpaired) electrons.